The van der Waals surface area contributed by atoms with Gasteiger partial charge in [-0.3, -0.25) is 4.79 Å². The minimum Gasteiger partial charge on any atom is -0.490 e. The highest BCUT2D eigenvalue weighted by Crippen LogP contribution is 2.47. The first-order chi connectivity index (χ1) is 18.8. The van der Waals surface area contributed by atoms with Crippen molar-refractivity contribution in [3.63, 3.8) is 0 Å². The van der Waals surface area contributed by atoms with E-state index in [9.17, 15) is 14.9 Å². The first kappa shape index (κ1) is 28.4. The topological polar surface area (TPSA) is 97.7 Å². The number of nitriles is 1. The Kier molecular flexibility index (Phi) is 9.13. The van der Waals surface area contributed by atoms with Crippen LogP contribution in [-0.2, 0) is 16.1 Å². The van der Waals surface area contributed by atoms with Gasteiger partial charge in [-0.25, -0.2) is 4.79 Å². The van der Waals surface area contributed by atoms with Gasteiger partial charge in [-0.05, 0) is 83.9 Å². The highest BCUT2D eigenvalue weighted by Gasteiger charge is 2.39. The van der Waals surface area contributed by atoms with E-state index in [-0.39, 0.29) is 12.4 Å². The maximum Gasteiger partial charge on any atom is 0.337 e. The number of hydrogen-bond donors (Lipinski definition) is 1. The van der Waals surface area contributed by atoms with Gasteiger partial charge < -0.3 is 19.5 Å². The fourth-order valence-corrected chi connectivity index (χ4v) is 6.01. The van der Waals surface area contributed by atoms with Crippen molar-refractivity contribution in [1.29, 1.82) is 5.26 Å². The summed E-state index contributed by atoms with van der Waals surface area (Å²) in [5.74, 6) is 0.515. The van der Waals surface area contributed by atoms with Gasteiger partial charge >= 0.3 is 5.97 Å². The summed E-state index contributed by atoms with van der Waals surface area (Å²) in [5.41, 5.74) is 4.92. The molecule has 2 aromatic carbocycles. The number of Topliss-reactive ketones (excluding diaryl/α,β-unsaturated/α-hetero) is 1. The number of esters is 1. The molecule has 1 aliphatic heterocycles. The first-order valence-corrected chi connectivity index (χ1v) is 14.0. The first-order valence-electron chi connectivity index (χ1n) is 13.2. The summed E-state index contributed by atoms with van der Waals surface area (Å²) in [6.07, 6.45) is 3.32. The van der Waals surface area contributed by atoms with Crippen molar-refractivity contribution in [2.45, 2.75) is 59.0 Å². The van der Waals surface area contributed by atoms with E-state index in [4.69, 9.17) is 14.2 Å². The Morgan fingerprint density at radius 2 is 1.97 bits per heavy atom. The molecule has 2 aromatic rings. The van der Waals surface area contributed by atoms with E-state index in [1.54, 1.807) is 18.2 Å². The van der Waals surface area contributed by atoms with Crippen LogP contribution in [0.2, 0.25) is 0 Å². The summed E-state index contributed by atoms with van der Waals surface area (Å²) in [5, 5.41) is 13.5. The van der Waals surface area contributed by atoms with Crippen LogP contribution in [0.25, 0.3) is 0 Å². The molecule has 0 bridgehead atoms. The standard InChI is InChI=1S/C31H33BrN2O5/c1-5-8-19-12-25-29(26(35)13-19)28(23(16-33)18(3)34-25)22-14-24(32)30(27(15-22)38-6-2)39-17-20-9-7-10-21(11-20)31(36)37-4/h7,9-11,14-15,19,28,34H,5-6,8,12-13,17H2,1-4H3. The van der Waals surface area contributed by atoms with Crippen LogP contribution in [0.3, 0.4) is 0 Å². The lowest BCUT2D eigenvalue weighted by atomic mass is 9.72. The number of methoxy groups -OCH3 is 1. The molecule has 0 saturated carbocycles. The number of rotatable bonds is 9. The Morgan fingerprint density at radius 1 is 1.18 bits per heavy atom. The van der Waals surface area contributed by atoms with E-state index in [1.807, 2.05) is 32.0 Å². The van der Waals surface area contributed by atoms with Crippen LogP contribution in [0.15, 0.2) is 63.4 Å². The Hall–Kier alpha value is -3.57. The number of nitrogens with zero attached hydrogens (tertiary/aromatic N) is 1. The second-order valence-electron chi connectivity index (χ2n) is 9.83. The number of halogens is 1. The molecule has 0 spiro atoms. The third-order valence-electron chi connectivity index (χ3n) is 7.13. The molecular formula is C31H33BrN2O5. The van der Waals surface area contributed by atoms with E-state index in [1.165, 1.54) is 7.11 Å². The van der Waals surface area contributed by atoms with Crippen LogP contribution < -0.4 is 14.8 Å². The maximum absolute atomic E-state index is 13.5. The Labute approximate surface area is 238 Å². The molecule has 0 radical (unpaired) electrons. The number of benzene rings is 2. The number of hydrogen-bond acceptors (Lipinski definition) is 7. The third kappa shape index (κ3) is 6.04. The molecule has 1 aliphatic carbocycles. The van der Waals surface area contributed by atoms with Gasteiger partial charge in [0.05, 0.1) is 41.3 Å². The van der Waals surface area contributed by atoms with Crippen molar-refractivity contribution in [2.75, 3.05) is 13.7 Å². The third-order valence-corrected chi connectivity index (χ3v) is 7.71. The molecule has 39 heavy (non-hydrogen) atoms. The van der Waals surface area contributed by atoms with Gasteiger partial charge in [0.2, 0.25) is 0 Å². The molecule has 0 fully saturated rings. The minimum absolute atomic E-state index is 0.0901. The normalized spacial score (nSPS) is 18.7. The number of allylic oxidation sites excluding steroid dienone is 4. The zero-order valence-corrected chi connectivity index (χ0v) is 24.3. The summed E-state index contributed by atoms with van der Waals surface area (Å²) in [4.78, 5) is 25.4. The Morgan fingerprint density at radius 3 is 2.67 bits per heavy atom. The summed E-state index contributed by atoms with van der Waals surface area (Å²) in [6, 6.07) is 13.2. The Balaban J connectivity index is 1.71. The van der Waals surface area contributed by atoms with Gasteiger partial charge in [0, 0.05) is 23.4 Å². The molecule has 8 heteroatoms. The summed E-state index contributed by atoms with van der Waals surface area (Å²) >= 11 is 3.65. The van der Waals surface area contributed by atoms with E-state index in [0.717, 1.165) is 41.8 Å². The highest BCUT2D eigenvalue weighted by molar-refractivity contribution is 9.10. The van der Waals surface area contributed by atoms with Crippen molar-refractivity contribution in [1.82, 2.24) is 5.32 Å². The molecule has 1 heterocycles. The van der Waals surface area contributed by atoms with E-state index in [2.05, 4.69) is 34.2 Å². The Bertz CT molecular complexity index is 1390. The molecule has 7 nitrogen and oxygen atoms in total. The lowest BCUT2D eigenvalue weighted by Gasteiger charge is -2.35. The van der Waals surface area contributed by atoms with Crippen molar-refractivity contribution in [3.8, 4) is 17.6 Å². The molecule has 204 valence electrons. The lowest BCUT2D eigenvalue weighted by Crippen LogP contribution is -2.34. The van der Waals surface area contributed by atoms with Crippen LogP contribution in [-0.4, -0.2) is 25.5 Å². The predicted octanol–water partition coefficient (Wildman–Crippen LogP) is 6.73. The van der Waals surface area contributed by atoms with Gasteiger partial charge in [0.1, 0.15) is 6.61 Å². The fraction of sp³-hybridized carbons (Fsp3) is 0.387. The van der Waals surface area contributed by atoms with Gasteiger partial charge in [0.15, 0.2) is 17.3 Å². The lowest BCUT2D eigenvalue weighted by molar-refractivity contribution is -0.117. The molecule has 1 N–H and O–H groups in total. The van der Waals surface area contributed by atoms with Crippen molar-refractivity contribution in [3.05, 3.63) is 80.1 Å². The smallest absolute Gasteiger partial charge is 0.337 e. The SMILES string of the molecule is CCCC1CC(=O)C2=C(C1)NC(C)=C(C#N)C2c1cc(Br)c(OCc2cccc(C(=O)OC)c2)c(OCC)c1. The van der Waals surface area contributed by atoms with Crippen LogP contribution in [0.4, 0.5) is 0 Å². The van der Waals surface area contributed by atoms with Gasteiger partial charge in [-0.15, -0.1) is 0 Å². The summed E-state index contributed by atoms with van der Waals surface area (Å²) in [6.45, 7) is 6.52. The average Bonchev–Trinajstić information content (AvgIpc) is 2.91. The monoisotopic (exact) mass is 592 g/mol. The molecule has 4 rings (SSSR count). The number of ether oxygens (including phenoxy) is 3. The molecule has 0 amide bonds. The number of dihydropyridines is 1. The van der Waals surface area contributed by atoms with E-state index < -0.39 is 11.9 Å². The zero-order valence-electron chi connectivity index (χ0n) is 22.7. The molecule has 0 saturated heterocycles. The van der Waals surface area contributed by atoms with Crippen molar-refractivity contribution in [2.24, 2.45) is 5.92 Å². The summed E-state index contributed by atoms with van der Waals surface area (Å²) in [7, 11) is 1.35. The van der Waals surface area contributed by atoms with Crippen LogP contribution in [0.5, 0.6) is 11.5 Å². The van der Waals surface area contributed by atoms with Gasteiger partial charge in [-0.2, -0.15) is 5.26 Å². The number of carbonyl (C=O) groups excluding carboxylic acids is 2. The second kappa shape index (κ2) is 12.5. The largest absolute Gasteiger partial charge is 0.490 e. The highest BCUT2D eigenvalue weighted by atomic mass is 79.9. The van der Waals surface area contributed by atoms with Crippen LogP contribution in [0.1, 0.15) is 73.9 Å². The summed E-state index contributed by atoms with van der Waals surface area (Å²) < 4.78 is 17.6. The fourth-order valence-electron chi connectivity index (χ4n) is 5.43. The molecular weight excluding hydrogens is 560 g/mol. The maximum atomic E-state index is 13.5. The van der Waals surface area contributed by atoms with Crippen molar-refractivity contribution < 1.29 is 23.8 Å². The minimum atomic E-state index is -0.484. The van der Waals surface area contributed by atoms with Gasteiger partial charge in [-0.1, -0.05) is 25.5 Å². The van der Waals surface area contributed by atoms with Crippen LogP contribution >= 0.6 is 15.9 Å². The van der Waals surface area contributed by atoms with Gasteiger partial charge in [0.25, 0.3) is 0 Å². The molecule has 0 aromatic heterocycles. The molecule has 2 atom stereocenters. The number of ketones is 1. The zero-order chi connectivity index (χ0) is 28.1. The second-order valence-corrected chi connectivity index (χ2v) is 10.7. The quantitative estimate of drug-likeness (QED) is 0.322. The van der Waals surface area contributed by atoms with Crippen LogP contribution in [0, 0.1) is 17.2 Å². The number of carbonyl (C=O) groups is 2. The molecule has 2 aliphatic rings. The number of nitrogens with one attached hydrogen (secondary N) is 1. The molecule has 2 unspecified atom stereocenters. The van der Waals surface area contributed by atoms with Crippen molar-refractivity contribution >= 4 is 27.7 Å². The van der Waals surface area contributed by atoms with E-state index >= 15 is 0 Å². The average molecular weight is 594 g/mol. The van der Waals surface area contributed by atoms with E-state index in [0.29, 0.717) is 51.6 Å². The predicted molar refractivity (Wildman–Crippen MR) is 151 cm³/mol.